The fourth-order valence-corrected chi connectivity index (χ4v) is 13.3. The first kappa shape index (κ1) is 31.3. The normalized spacial score (nSPS) is 30.2. The molecule has 1 aromatic carbocycles. The van der Waals surface area contributed by atoms with Gasteiger partial charge in [-0.25, -0.2) is 0 Å². The molecule has 212 valence electrons. The Morgan fingerprint density at radius 2 is 1.27 bits per heavy atom. The Balaban J connectivity index is 2.13. The maximum absolute atomic E-state index is 14.4. The van der Waals surface area contributed by atoms with Crippen LogP contribution in [0.3, 0.4) is 0 Å². The lowest BCUT2D eigenvalue weighted by Crippen LogP contribution is -2.39. The lowest BCUT2D eigenvalue weighted by atomic mass is 9.76. The predicted molar refractivity (Wildman–Crippen MR) is 158 cm³/mol. The van der Waals surface area contributed by atoms with E-state index < -0.39 is 21.6 Å². The van der Waals surface area contributed by atoms with Crippen LogP contribution >= 0.6 is 15.7 Å². The van der Waals surface area contributed by atoms with Crippen molar-refractivity contribution in [2.75, 3.05) is 13.2 Å². The molecule has 0 radical (unpaired) electrons. The van der Waals surface area contributed by atoms with E-state index in [0.29, 0.717) is 60.0 Å². The molecule has 0 aliphatic heterocycles. The van der Waals surface area contributed by atoms with Gasteiger partial charge in [-0.05, 0) is 80.6 Å². The van der Waals surface area contributed by atoms with Crippen molar-refractivity contribution in [1.29, 1.82) is 0 Å². The van der Waals surface area contributed by atoms with Crippen molar-refractivity contribution in [3.63, 3.8) is 0 Å². The van der Waals surface area contributed by atoms with E-state index in [9.17, 15) is 4.57 Å². The van der Waals surface area contributed by atoms with Crippen molar-refractivity contribution >= 4 is 15.7 Å². The van der Waals surface area contributed by atoms with E-state index in [1.807, 2.05) is 44.2 Å². The van der Waals surface area contributed by atoms with Crippen molar-refractivity contribution < 1.29 is 18.1 Å². The third-order valence-corrected chi connectivity index (χ3v) is 14.2. The number of benzene rings is 1. The summed E-state index contributed by atoms with van der Waals surface area (Å²) >= 11 is 0. The second-order valence-corrected chi connectivity index (χ2v) is 16.7. The molecular formula is C31H54O4P2. The first-order chi connectivity index (χ1) is 17.6. The van der Waals surface area contributed by atoms with Crippen LogP contribution in [-0.2, 0) is 18.1 Å². The number of rotatable bonds is 12. The Labute approximate surface area is 229 Å². The highest BCUT2D eigenvalue weighted by atomic mass is 31.2. The number of hydrogen-bond acceptors (Lipinski definition) is 4. The molecule has 2 aliphatic rings. The van der Waals surface area contributed by atoms with Crippen LogP contribution in [0.25, 0.3) is 0 Å². The van der Waals surface area contributed by atoms with E-state index in [0.717, 1.165) is 5.56 Å². The molecule has 2 fully saturated rings. The monoisotopic (exact) mass is 552 g/mol. The third kappa shape index (κ3) is 7.91. The largest absolute Gasteiger partial charge is 0.364 e. The Morgan fingerprint density at radius 1 is 0.811 bits per heavy atom. The maximum Gasteiger partial charge on any atom is 0.364 e. The minimum atomic E-state index is -3.53. The average molecular weight is 553 g/mol. The molecule has 4 nitrogen and oxygen atoms in total. The van der Waals surface area contributed by atoms with Gasteiger partial charge in [0.1, 0.15) is 0 Å². The van der Waals surface area contributed by atoms with E-state index in [2.05, 4.69) is 41.5 Å². The van der Waals surface area contributed by atoms with Crippen LogP contribution in [0.4, 0.5) is 0 Å². The van der Waals surface area contributed by atoms with Gasteiger partial charge < -0.3 is 13.6 Å². The Kier molecular flexibility index (Phi) is 12.2. The van der Waals surface area contributed by atoms with Gasteiger partial charge in [0.2, 0.25) is 0 Å². The molecule has 0 bridgehead atoms. The zero-order valence-electron chi connectivity index (χ0n) is 24.8. The van der Waals surface area contributed by atoms with Crippen LogP contribution < -0.4 is 0 Å². The molecule has 2 aliphatic carbocycles. The summed E-state index contributed by atoms with van der Waals surface area (Å²) in [5, 5.41) is 0. The van der Waals surface area contributed by atoms with Crippen LogP contribution in [0.2, 0.25) is 0 Å². The molecule has 0 heterocycles. The van der Waals surface area contributed by atoms with E-state index in [-0.39, 0.29) is 0 Å². The minimum absolute atomic E-state index is 0.339. The Hall–Kier alpha value is -0.240. The topological polar surface area (TPSA) is 44.8 Å². The van der Waals surface area contributed by atoms with Crippen molar-refractivity contribution in [2.45, 2.75) is 111 Å². The summed E-state index contributed by atoms with van der Waals surface area (Å²) < 4.78 is 33.8. The van der Waals surface area contributed by atoms with E-state index in [1.165, 1.54) is 38.5 Å². The zero-order valence-corrected chi connectivity index (χ0v) is 26.6. The quantitative estimate of drug-likeness (QED) is 0.242. The van der Waals surface area contributed by atoms with Gasteiger partial charge in [-0.3, -0.25) is 4.57 Å². The summed E-state index contributed by atoms with van der Waals surface area (Å²) in [6.45, 7) is 18.9. The molecule has 6 heteroatoms. The zero-order chi connectivity index (χ0) is 27.2. The fraction of sp³-hybridized carbons (Fsp3) is 0.806. The van der Waals surface area contributed by atoms with Crippen LogP contribution in [0.5, 0.6) is 0 Å². The second-order valence-electron chi connectivity index (χ2n) is 12.4. The van der Waals surface area contributed by atoms with E-state index in [4.69, 9.17) is 13.6 Å². The van der Waals surface area contributed by atoms with Crippen molar-refractivity contribution in [1.82, 2.24) is 0 Å². The van der Waals surface area contributed by atoms with Crippen LogP contribution in [0, 0.1) is 35.5 Å². The summed E-state index contributed by atoms with van der Waals surface area (Å²) in [6.07, 6.45) is 7.56. The minimum Gasteiger partial charge on any atom is -0.338 e. The van der Waals surface area contributed by atoms with Gasteiger partial charge in [0.15, 0.2) is 5.85 Å². The molecule has 37 heavy (non-hydrogen) atoms. The highest BCUT2D eigenvalue weighted by Crippen LogP contribution is 2.70. The van der Waals surface area contributed by atoms with Crippen molar-refractivity contribution in [2.24, 2.45) is 35.5 Å². The SMILES string of the molecule is CCOP(=O)(OCC)[C@H](OP([C@@H]1C[C@H](C)CC[C@H]1C(C)C)[C@@H]1C[C@H](C)CC[C@H]1C(C)C)c1ccccc1. The van der Waals surface area contributed by atoms with Gasteiger partial charge in [-0.1, -0.05) is 84.7 Å². The summed E-state index contributed by atoms with van der Waals surface area (Å²) in [4.78, 5) is 0. The van der Waals surface area contributed by atoms with Crippen molar-refractivity contribution in [3.05, 3.63) is 35.9 Å². The van der Waals surface area contributed by atoms with Gasteiger partial charge in [-0.2, -0.15) is 0 Å². The summed E-state index contributed by atoms with van der Waals surface area (Å²) in [6, 6.07) is 10.1. The standard InChI is InChI=1S/C31H54O4P2/c1-9-33-37(32,34-10-2)31(26-14-12-11-13-15-26)35-36(29-20-24(7)16-18-27(29)22(3)4)30-21-25(8)17-19-28(30)23(5)6/h11-15,22-25,27-31H,9-10,16-21H2,1-8H3/t24-,25-,27+,28+,29-,30-,31+/m1/s1. The van der Waals surface area contributed by atoms with Gasteiger partial charge in [-0.15, -0.1) is 0 Å². The highest BCUT2D eigenvalue weighted by molar-refractivity contribution is 7.57. The lowest BCUT2D eigenvalue weighted by Gasteiger charge is -2.49. The molecule has 0 amide bonds. The van der Waals surface area contributed by atoms with Gasteiger partial charge >= 0.3 is 7.60 Å². The first-order valence-electron chi connectivity index (χ1n) is 15.0. The number of hydrogen-bond donors (Lipinski definition) is 0. The van der Waals surface area contributed by atoms with Gasteiger partial charge in [0.05, 0.1) is 13.2 Å². The van der Waals surface area contributed by atoms with E-state index >= 15 is 0 Å². The molecule has 0 saturated heterocycles. The smallest absolute Gasteiger partial charge is 0.338 e. The molecule has 3 rings (SSSR count). The lowest BCUT2D eigenvalue weighted by molar-refractivity contribution is 0.154. The van der Waals surface area contributed by atoms with Crippen LogP contribution in [-0.4, -0.2) is 24.5 Å². The molecule has 0 N–H and O–H groups in total. The average Bonchev–Trinajstić information content (AvgIpc) is 2.85. The fourth-order valence-electron chi connectivity index (χ4n) is 6.86. The summed E-state index contributed by atoms with van der Waals surface area (Å²) in [7, 11) is -4.41. The van der Waals surface area contributed by atoms with E-state index in [1.54, 1.807) is 0 Å². The molecule has 1 aromatic rings. The van der Waals surface area contributed by atoms with Crippen LogP contribution in [0.1, 0.15) is 105 Å². The predicted octanol–water partition coefficient (Wildman–Crippen LogP) is 10.3. The molecule has 0 unspecified atom stereocenters. The molecule has 7 atom stereocenters. The second kappa shape index (κ2) is 14.4. The Bertz CT molecular complexity index is 803. The highest BCUT2D eigenvalue weighted by Gasteiger charge is 2.49. The van der Waals surface area contributed by atoms with Crippen molar-refractivity contribution in [3.8, 4) is 0 Å². The summed E-state index contributed by atoms with van der Waals surface area (Å²) in [5.74, 6) is 3.23. The molecular weight excluding hydrogens is 498 g/mol. The van der Waals surface area contributed by atoms with Gasteiger partial charge in [0, 0.05) is 19.5 Å². The molecule has 2 saturated carbocycles. The first-order valence-corrected chi connectivity index (χ1v) is 18.0. The summed E-state index contributed by atoms with van der Waals surface area (Å²) in [5.41, 5.74) is 1.94. The Morgan fingerprint density at radius 3 is 1.68 bits per heavy atom. The third-order valence-electron chi connectivity index (χ3n) is 8.84. The molecule has 0 aromatic heterocycles. The maximum atomic E-state index is 14.4. The molecule has 0 spiro atoms. The van der Waals surface area contributed by atoms with Gasteiger partial charge in [0.25, 0.3) is 0 Å². The van der Waals surface area contributed by atoms with Crippen LogP contribution in [0.15, 0.2) is 30.3 Å².